The molecule has 0 aromatic heterocycles. The summed E-state index contributed by atoms with van der Waals surface area (Å²) in [5.74, 6) is 0. The van der Waals surface area contributed by atoms with Gasteiger partial charge in [0.2, 0.25) is 0 Å². The van der Waals surface area contributed by atoms with Crippen molar-refractivity contribution >= 4 is 43.5 Å². The molecule has 80 valence electrons. The predicted molar refractivity (Wildman–Crippen MR) is 67.4 cm³/mol. The van der Waals surface area contributed by atoms with Crippen LogP contribution >= 0.6 is 43.5 Å². The highest BCUT2D eigenvalue weighted by Gasteiger charge is 2.86. The molecule has 3 fully saturated rings. The third kappa shape index (κ3) is 0.930. The Labute approximate surface area is 107 Å². The standard InChI is InChI=1S/C11H15Br2Cl/c12-11(13)9-4-2-1-3-5-10(9,11)7-8(14)6-9/h8H,1-7H2. The lowest BCUT2D eigenvalue weighted by atomic mass is 9.92. The molecule has 2 atom stereocenters. The molecule has 0 radical (unpaired) electrons. The second kappa shape index (κ2) is 2.92. The van der Waals surface area contributed by atoms with E-state index < -0.39 is 0 Å². The molecule has 3 aliphatic carbocycles. The molecule has 0 aromatic rings. The molecule has 0 aliphatic heterocycles. The number of alkyl halides is 3. The van der Waals surface area contributed by atoms with Gasteiger partial charge in [0.25, 0.3) is 0 Å². The van der Waals surface area contributed by atoms with E-state index >= 15 is 0 Å². The average Bonchev–Trinajstić information content (AvgIpc) is 2.35. The Balaban J connectivity index is 2.00. The lowest BCUT2D eigenvalue weighted by Gasteiger charge is -2.20. The summed E-state index contributed by atoms with van der Waals surface area (Å²) in [5, 5.41) is 0.427. The molecule has 2 unspecified atom stereocenters. The molecule has 3 aliphatic rings. The van der Waals surface area contributed by atoms with E-state index in [1.54, 1.807) is 0 Å². The van der Waals surface area contributed by atoms with Gasteiger partial charge in [-0.3, -0.25) is 0 Å². The molecule has 3 rings (SSSR count). The van der Waals surface area contributed by atoms with Crippen molar-refractivity contribution < 1.29 is 0 Å². The van der Waals surface area contributed by atoms with Crippen molar-refractivity contribution in [3.63, 3.8) is 0 Å². The van der Waals surface area contributed by atoms with Crippen LogP contribution in [0.15, 0.2) is 0 Å². The van der Waals surface area contributed by atoms with Crippen molar-refractivity contribution in [3.05, 3.63) is 0 Å². The van der Waals surface area contributed by atoms with Gasteiger partial charge in [0, 0.05) is 16.2 Å². The van der Waals surface area contributed by atoms with E-state index in [1.807, 2.05) is 0 Å². The summed E-state index contributed by atoms with van der Waals surface area (Å²) in [6, 6.07) is 0. The van der Waals surface area contributed by atoms with Crippen molar-refractivity contribution in [2.24, 2.45) is 10.8 Å². The first-order valence-electron chi connectivity index (χ1n) is 5.58. The van der Waals surface area contributed by atoms with E-state index in [-0.39, 0.29) is 3.23 Å². The maximum absolute atomic E-state index is 6.34. The van der Waals surface area contributed by atoms with Gasteiger partial charge in [-0.15, -0.1) is 11.6 Å². The largest absolute Gasteiger partial charge is 0.123 e. The van der Waals surface area contributed by atoms with Gasteiger partial charge in [-0.2, -0.15) is 0 Å². The normalized spacial score (nSPS) is 54.6. The van der Waals surface area contributed by atoms with Crippen LogP contribution in [-0.4, -0.2) is 8.61 Å². The van der Waals surface area contributed by atoms with Gasteiger partial charge in [-0.1, -0.05) is 51.1 Å². The van der Waals surface area contributed by atoms with E-state index in [9.17, 15) is 0 Å². The van der Waals surface area contributed by atoms with Crippen LogP contribution in [0.5, 0.6) is 0 Å². The fraction of sp³-hybridized carbons (Fsp3) is 1.00. The van der Waals surface area contributed by atoms with Gasteiger partial charge in [-0.25, -0.2) is 0 Å². The highest BCUT2D eigenvalue weighted by molar-refractivity contribution is 9.25. The Kier molecular flexibility index (Phi) is 2.17. The highest BCUT2D eigenvalue weighted by atomic mass is 79.9. The van der Waals surface area contributed by atoms with Gasteiger partial charge in [0.15, 0.2) is 0 Å². The zero-order valence-corrected chi connectivity index (χ0v) is 12.1. The van der Waals surface area contributed by atoms with Crippen molar-refractivity contribution in [2.75, 3.05) is 0 Å². The van der Waals surface area contributed by atoms with Gasteiger partial charge < -0.3 is 0 Å². The van der Waals surface area contributed by atoms with Crippen LogP contribution < -0.4 is 0 Å². The van der Waals surface area contributed by atoms with Crippen LogP contribution in [0, 0.1) is 10.8 Å². The zero-order valence-electron chi connectivity index (χ0n) is 8.16. The SMILES string of the molecule is ClC1CC23CCCCCC2(C1)C3(Br)Br. The fourth-order valence-electron chi connectivity index (χ4n) is 4.24. The molecular weight excluding hydrogens is 327 g/mol. The monoisotopic (exact) mass is 340 g/mol. The first-order valence-corrected chi connectivity index (χ1v) is 7.60. The molecule has 0 heterocycles. The zero-order chi connectivity index (χ0) is 10.0. The first-order chi connectivity index (χ1) is 6.56. The van der Waals surface area contributed by atoms with Crippen molar-refractivity contribution in [2.45, 2.75) is 53.6 Å². The highest BCUT2D eigenvalue weighted by Crippen LogP contribution is 2.90. The van der Waals surface area contributed by atoms with Crippen LogP contribution in [0.2, 0.25) is 0 Å². The first kappa shape index (κ1) is 10.4. The second-order valence-corrected chi connectivity index (χ2v) is 9.37. The molecule has 0 bridgehead atoms. The smallest absolute Gasteiger partial charge is 0.0930 e. The van der Waals surface area contributed by atoms with Gasteiger partial charge in [0.1, 0.15) is 0 Å². The molecule has 0 nitrogen and oxygen atoms in total. The molecule has 0 aromatic carbocycles. The van der Waals surface area contributed by atoms with Crippen LogP contribution in [0.1, 0.15) is 44.9 Å². The van der Waals surface area contributed by atoms with Crippen LogP contribution in [0.25, 0.3) is 0 Å². The van der Waals surface area contributed by atoms with Crippen molar-refractivity contribution in [1.82, 2.24) is 0 Å². The van der Waals surface area contributed by atoms with Crippen LogP contribution in [0.3, 0.4) is 0 Å². The van der Waals surface area contributed by atoms with Crippen LogP contribution in [-0.2, 0) is 0 Å². The summed E-state index contributed by atoms with van der Waals surface area (Å²) in [6.07, 6.45) is 9.37. The van der Waals surface area contributed by atoms with E-state index in [0.29, 0.717) is 16.2 Å². The third-order valence-electron chi connectivity index (χ3n) is 4.90. The number of hydrogen-bond acceptors (Lipinski definition) is 0. The number of halogens is 3. The van der Waals surface area contributed by atoms with Crippen LogP contribution in [0.4, 0.5) is 0 Å². The molecule has 0 amide bonds. The summed E-state index contributed by atoms with van der Waals surface area (Å²) in [4.78, 5) is 0. The van der Waals surface area contributed by atoms with E-state index in [0.717, 1.165) is 0 Å². The topological polar surface area (TPSA) is 0 Å². The Morgan fingerprint density at radius 3 is 1.93 bits per heavy atom. The number of hydrogen-bond donors (Lipinski definition) is 0. The number of rotatable bonds is 0. The van der Waals surface area contributed by atoms with Crippen molar-refractivity contribution in [3.8, 4) is 0 Å². The summed E-state index contributed by atoms with van der Waals surface area (Å²) in [5.41, 5.74) is 0.978. The molecule has 3 saturated carbocycles. The quantitative estimate of drug-likeness (QED) is 0.554. The average molecular weight is 343 g/mol. The maximum Gasteiger partial charge on any atom is 0.0930 e. The van der Waals surface area contributed by atoms with E-state index in [1.165, 1.54) is 44.9 Å². The van der Waals surface area contributed by atoms with Gasteiger partial charge >= 0.3 is 0 Å². The van der Waals surface area contributed by atoms with Gasteiger partial charge in [-0.05, 0) is 25.7 Å². The summed E-state index contributed by atoms with van der Waals surface area (Å²) < 4.78 is 0.228. The van der Waals surface area contributed by atoms with Crippen molar-refractivity contribution in [1.29, 1.82) is 0 Å². The Bertz CT molecular complexity index is 254. The molecular formula is C11H15Br2Cl. The maximum atomic E-state index is 6.34. The summed E-state index contributed by atoms with van der Waals surface area (Å²) in [7, 11) is 0. The Morgan fingerprint density at radius 1 is 0.929 bits per heavy atom. The molecule has 14 heavy (non-hydrogen) atoms. The predicted octanol–water partition coefficient (Wildman–Crippen LogP) is 4.82. The molecule has 0 saturated heterocycles. The molecule has 0 N–H and O–H groups in total. The minimum atomic E-state index is 0.228. The Morgan fingerprint density at radius 2 is 1.43 bits per heavy atom. The fourth-order valence-corrected chi connectivity index (χ4v) is 7.53. The van der Waals surface area contributed by atoms with E-state index in [4.69, 9.17) is 11.6 Å². The second-order valence-electron chi connectivity index (χ2n) is 5.30. The lowest BCUT2D eigenvalue weighted by Crippen LogP contribution is -2.15. The minimum Gasteiger partial charge on any atom is -0.123 e. The molecule has 3 heteroatoms. The van der Waals surface area contributed by atoms with Gasteiger partial charge in [0.05, 0.1) is 3.23 Å². The molecule has 0 spiro atoms. The summed E-state index contributed by atoms with van der Waals surface area (Å²) >= 11 is 14.2. The lowest BCUT2D eigenvalue weighted by molar-refractivity contribution is 0.367. The summed E-state index contributed by atoms with van der Waals surface area (Å²) in [6.45, 7) is 0. The minimum absolute atomic E-state index is 0.228. The Hall–Kier alpha value is 1.25. The third-order valence-corrected chi connectivity index (χ3v) is 8.25. The van der Waals surface area contributed by atoms with E-state index in [2.05, 4.69) is 31.9 Å².